The summed E-state index contributed by atoms with van der Waals surface area (Å²) in [4.78, 5) is 27.1. The molecule has 4 rings (SSSR count). The van der Waals surface area contributed by atoms with Crippen molar-refractivity contribution in [1.29, 1.82) is 0 Å². The van der Waals surface area contributed by atoms with E-state index in [0.29, 0.717) is 36.6 Å². The van der Waals surface area contributed by atoms with Crippen LogP contribution < -0.4 is 16.4 Å². The second kappa shape index (κ2) is 8.30. The van der Waals surface area contributed by atoms with Crippen LogP contribution in [0.1, 0.15) is 43.7 Å². The Hall–Kier alpha value is -2.93. The van der Waals surface area contributed by atoms with Gasteiger partial charge in [-0.1, -0.05) is 30.3 Å². The molecule has 31 heavy (non-hydrogen) atoms. The van der Waals surface area contributed by atoms with Crippen LogP contribution in [-0.2, 0) is 15.1 Å². The number of hydrogen-bond donors (Lipinski definition) is 3. The molecule has 164 valence electrons. The van der Waals surface area contributed by atoms with Crippen LogP contribution in [0.3, 0.4) is 0 Å². The van der Waals surface area contributed by atoms with Crippen molar-refractivity contribution in [1.82, 2.24) is 4.90 Å². The molecular weight excluding hydrogens is 395 g/mol. The maximum Gasteiger partial charge on any atom is 0.249 e. The summed E-state index contributed by atoms with van der Waals surface area (Å²) in [6, 6.07) is 13.0. The normalized spacial score (nSPS) is 25.7. The van der Waals surface area contributed by atoms with Gasteiger partial charge in [-0.15, -0.1) is 0 Å². The van der Waals surface area contributed by atoms with Crippen molar-refractivity contribution >= 4 is 23.2 Å². The number of halogens is 1. The van der Waals surface area contributed by atoms with E-state index in [2.05, 4.69) is 27.7 Å². The maximum absolute atomic E-state index is 14.5. The summed E-state index contributed by atoms with van der Waals surface area (Å²) in [5.41, 5.74) is 7.59. The van der Waals surface area contributed by atoms with Gasteiger partial charge in [0.05, 0.1) is 11.4 Å². The van der Waals surface area contributed by atoms with Gasteiger partial charge in [0.1, 0.15) is 11.4 Å². The van der Waals surface area contributed by atoms with Crippen molar-refractivity contribution in [2.24, 2.45) is 11.7 Å². The van der Waals surface area contributed by atoms with E-state index in [1.165, 1.54) is 17.7 Å². The van der Waals surface area contributed by atoms with Crippen LogP contribution in [0.2, 0.25) is 0 Å². The number of carbonyl (C=O) groups is 2. The number of primary amides is 1. The van der Waals surface area contributed by atoms with Gasteiger partial charge in [-0.05, 0) is 49.8 Å². The third-order valence-corrected chi connectivity index (χ3v) is 6.73. The van der Waals surface area contributed by atoms with Gasteiger partial charge in [-0.3, -0.25) is 14.5 Å². The lowest BCUT2D eigenvalue weighted by Gasteiger charge is -2.45. The fourth-order valence-electron chi connectivity index (χ4n) is 5.17. The number of fused-ring (bicyclic) bond motifs is 1. The second-order valence-corrected chi connectivity index (χ2v) is 8.61. The summed E-state index contributed by atoms with van der Waals surface area (Å²) in [6.07, 6.45) is 1.03. The van der Waals surface area contributed by atoms with Crippen molar-refractivity contribution in [3.8, 4) is 0 Å². The number of carbonyl (C=O) groups excluding carboxylic acids is 2. The first-order chi connectivity index (χ1) is 14.8. The molecule has 0 bridgehead atoms. The first-order valence-corrected chi connectivity index (χ1v) is 10.8. The van der Waals surface area contributed by atoms with Crippen LogP contribution in [0.15, 0.2) is 42.5 Å². The standard InChI is InChI=1S/C24H29FN4O2/c1-3-27-20-13-17(25)12-19-22(20)28-23(31)24(19,2)29-10-9-18(15-7-5-4-6-8-15)16(14-29)11-21(26)30/h4-8,12-13,16,18,27H,3,9-11,14H2,1-2H3,(H2,26,30)(H,28,31). The van der Waals surface area contributed by atoms with Crippen LogP contribution in [0.4, 0.5) is 15.8 Å². The van der Waals surface area contributed by atoms with E-state index in [-0.39, 0.29) is 35.9 Å². The van der Waals surface area contributed by atoms with E-state index in [9.17, 15) is 14.0 Å². The van der Waals surface area contributed by atoms with Crippen LogP contribution >= 0.6 is 0 Å². The second-order valence-electron chi connectivity index (χ2n) is 8.61. The van der Waals surface area contributed by atoms with Gasteiger partial charge in [0.2, 0.25) is 11.8 Å². The molecule has 0 saturated carbocycles. The molecule has 2 aromatic rings. The van der Waals surface area contributed by atoms with E-state index >= 15 is 0 Å². The smallest absolute Gasteiger partial charge is 0.249 e. The molecule has 0 radical (unpaired) electrons. The number of hydrogen-bond acceptors (Lipinski definition) is 4. The van der Waals surface area contributed by atoms with E-state index in [0.717, 1.165) is 6.42 Å². The Balaban J connectivity index is 1.69. The first kappa shape index (κ1) is 21.3. The third kappa shape index (κ3) is 3.78. The fraction of sp³-hybridized carbons (Fsp3) is 0.417. The van der Waals surface area contributed by atoms with E-state index in [1.807, 2.05) is 32.0 Å². The van der Waals surface area contributed by atoms with Gasteiger partial charge in [-0.25, -0.2) is 4.39 Å². The van der Waals surface area contributed by atoms with Crippen LogP contribution in [0.5, 0.6) is 0 Å². The zero-order chi connectivity index (χ0) is 22.2. The highest BCUT2D eigenvalue weighted by Crippen LogP contribution is 2.47. The highest BCUT2D eigenvalue weighted by atomic mass is 19.1. The average Bonchev–Trinajstić information content (AvgIpc) is 3.00. The van der Waals surface area contributed by atoms with E-state index < -0.39 is 5.54 Å². The molecule has 4 N–H and O–H groups in total. The number of anilines is 2. The molecule has 0 aliphatic carbocycles. The Kier molecular flexibility index (Phi) is 5.71. The number of amides is 2. The molecule has 6 nitrogen and oxygen atoms in total. The van der Waals surface area contributed by atoms with Crippen molar-refractivity contribution < 1.29 is 14.0 Å². The summed E-state index contributed by atoms with van der Waals surface area (Å²) < 4.78 is 14.5. The minimum atomic E-state index is -1.01. The third-order valence-electron chi connectivity index (χ3n) is 6.73. The van der Waals surface area contributed by atoms with Crippen LogP contribution in [-0.4, -0.2) is 36.3 Å². The topological polar surface area (TPSA) is 87.5 Å². The Morgan fingerprint density at radius 3 is 2.74 bits per heavy atom. The number of piperidine rings is 1. The predicted molar refractivity (Wildman–Crippen MR) is 119 cm³/mol. The summed E-state index contributed by atoms with van der Waals surface area (Å²) in [7, 11) is 0. The SMILES string of the molecule is CCNc1cc(F)cc2c1NC(=O)C2(C)N1CCC(c2ccccc2)C(CC(N)=O)C1. The number of nitrogens with two attached hydrogens (primary N) is 1. The van der Waals surface area contributed by atoms with Crippen LogP contribution in [0, 0.1) is 11.7 Å². The maximum atomic E-state index is 14.5. The van der Waals surface area contributed by atoms with Crippen molar-refractivity contribution in [2.45, 2.75) is 38.1 Å². The molecule has 2 heterocycles. The first-order valence-electron chi connectivity index (χ1n) is 10.8. The molecule has 0 spiro atoms. The van der Waals surface area contributed by atoms with Gasteiger partial charge in [-0.2, -0.15) is 0 Å². The minimum Gasteiger partial charge on any atom is -0.384 e. The lowest BCUT2D eigenvalue weighted by Crippen LogP contribution is -2.54. The summed E-state index contributed by atoms with van der Waals surface area (Å²) in [5.74, 6) is -0.755. The quantitative estimate of drug-likeness (QED) is 0.663. The number of nitrogens with one attached hydrogen (secondary N) is 2. The highest BCUT2D eigenvalue weighted by Gasteiger charge is 2.50. The number of nitrogens with zero attached hydrogens (tertiary/aromatic N) is 1. The molecule has 3 unspecified atom stereocenters. The number of benzene rings is 2. The number of rotatable bonds is 6. The predicted octanol–water partition coefficient (Wildman–Crippen LogP) is 3.41. The lowest BCUT2D eigenvalue weighted by molar-refractivity contribution is -0.128. The van der Waals surface area contributed by atoms with Crippen molar-refractivity contribution in [2.75, 3.05) is 30.3 Å². The van der Waals surface area contributed by atoms with Gasteiger partial charge in [0.25, 0.3) is 0 Å². The van der Waals surface area contributed by atoms with Gasteiger partial charge >= 0.3 is 0 Å². The zero-order valence-electron chi connectivity index (χ0n) is 18.0. The summed E-state index contributed by atoms with van der Waals surface area (Å²) in [6.45, 7) is 5.57. The molecule has 2 aliphatic rings. The molecule has 1 saturated heterocycles. The number of likely N-dealkylation sites (tertiary alicyclic amines) is 1. The largest absolute Gasteiger partial charge is 0.384 e. The zero-order valence-corrected chi connectivity index (χ0v) is 18.0. The highest BCUT2D eigenvalue weighted by molar-refractivity contribution is 6.08. The van der Waals surface area contributed by atoms with Gasteiger partial charge in [0.15, 0.2) is 0 Å². The average molecular weight is 425 g/mol. The van der Waals surface area contributed by atoms with E-state index in [4.69, 9.17) is 5.73 Å². The summed E-state index contributed by atoms with van der Waals surface area (Å²) >= 11 is 0. The fourth-order valence-corrected chi connectivity index (χ4v) is 5.17. The van der Waals surface area contributed by atoms with Crippen molar-refractivity contribution in [3.05, 3.63) is 59.4 Å². The minimum absolute atomic E-state index is 0.0240. The molecular formula is C24H29FN4O2. The molecule has 2 aliphatic heterocycles. The Labute approximate surface area is 182 Å². The van der Waals surface area contributed by atoms with Gasteiger partial charge in [0, 0.05) is 31.6 Å². The molecule has 7 heteroatoms. The van der Waals surface area contributed by atoms with Crippen LogP contribution in [0.25, 0.3) is 0 Å². The molecule has 2 amide bonds. The lowest BCUT2D eigenvalue weighted by atomic mass is 9.76. The van der Waals surface area contributed by atoms with Gasteiger partial charge < -0.3 is 16.4 Å². The Morgan fingerprint density at radius 1 is 1.32 bits per heavy atom. The Bertz CT molecular complexity index is 997. The van der Waals surface area contributed by atoms with E-state index in [1.54, 1.807) is 0 Å². The summed E-state index contributed by atoms with van der Waals surface area (Å²) in [5, 5.41) is 6.10. The molecule has 1 fully saturated rings. The van der Waals surface area contributed by atoms with Crippen molar-refractivity contribution in [3.63, 3.8) is 0 Å². The molecule has 3 atom stereocenters. The monoisotopic (exact) mass is 424 g/mol. The molecule has 2 aromatic carbocycles. The molecule has 0 aromatic heterocycles. The Morgan fingerprint density at radius 2 is 2.06 bits per heavy atom.